The molecule has 0 aliphatic rings. The Morgan fingerprint density at radius 2 is 2.00 bits per heavy atom. The van der Waals surface area contributed by atoms with Gasteiger partial charge in [0.15, 0.2) is 0 Å². The van der Waals surface area contributed by atoms with E-state index in [2.05, 4.69) is 5.23 Å². The maximum atomic E-state index is 11.3. The zero-order valence-electron chi connectivity index (χ0n) is 9.47. The minimum atomic E-state index is -0.717. The van der Waals surface area contributed by atoms with E-state index >= 15 is 0 Å². The standard InChI is InChI=1S/C11H16BNO3/c1-8(14)11(13-12(2)16)7-9-3-5-10(15)6-4-9/h3-6,11,13,15-16H,7H2,1-2H3. The van der Waals surface area contributed by atoms with Crippen LogP contribution in [0.15, 0.2) is 24.3 Å². The monoisotopic (exact) mass is 221 g/mol. The van der Waals surface area contributed by atoms with Crippen LogP contribution in [0.1, 0.15) is 12.5 Å². The summed E-state index contributed by atoms with van der Waals surface area (Å²) in [7, 11) is -0.717. The molecule has 0 spiro atoms. The third-order valence-corrected chi connectivity index (χ3v) is 2.31. The number of ketones is 1. The molecule has 5 heteroatoms. The van der Waals surface area contributed by atoms with Crippen molar-refractivity contribution in [2.75, 3.05) is 0 Å². The molecule has 0 radical (unpaired) electrons. The number of phenolic OH excluding ortho intramolecular Hbond substituents is 1. The van der Waals surface area contributed by atoms with Crippen LogP contribution in [0.3, 0.4) is 0 Å². The number of hydrogen-bond donors (Lipinski definition) is 3. The molecule has 0 saturated carbocycles. The third-order valence-electron chi connectivity index (χ3n) is 2.31. The summed E-state index contributed by atoms with van der Waals surface area (Å²) in [6.45, 7) is 3.06. The molecule has 0 amide bonds. The van der Waals surface area contributed by atoms with Gasteiger partial charge in [-0.2, -0.15) is 0 Å². The van der Waals surface area contributed by atoms with E-state index in [9.17, 15) is 9.82 Å². The van der Waals surface area contributed by atoms with Gasteiger partial charge >= 0.3 is 7.05 Å². The first kappa shape index (κ1) is 12.7. The molecule has 0 aliphatic heterocycles. The largest absolute Gasteiger partial charge is 0.508 e. The van der Waals surface area contributed by atoms with Gasteiger partial charge < -0.3 is 15.4 Å². The van der Waals surface area contributed by atoms with Crippen molar-refractivity contribution in [1.29, 1.82) is 0 Å². The van der Waals surface area contributed by atoms with Crippen LogP contribution in [0.25, 0.3) is 0 Å². The Bertz CT molecular complexity index is 351. The topological polar surface area (TPSA) is 69.6 Å². The van der Waals surface area contributed by atoms with Gasteiger partial charge in [-0.3, -0.25) is 4.79 Å². The molecular weight excluding hydrogens is 205 g/mol. The van der Waals surface area contributed by atoms with Crippen LogP contribution in [-0.2, 0) is 11.2 Å². The summed E-state index contributed by atoms with van der Waals surface area (Å²) in [4.78, 5) is 11.3. The molecule has 1 unspecified atom stereocenters. The van der Waals surface area contributed by atoms with Crippen LogP contribution < -0.4 is 5.23 Å². The number of Topliss-reactive ketones (excluding diaryl/α,β-unsaturated/α-hetero) is 1. The van der Waals surface area contributed by atoms with Crippen LogP contribution in [0, 0.1) is 0 Å². The lowest BCUT2D eigenvalue weighted by Gasteiger charge is -2.16. The van der Waals surface area contributed by atoms with Gasteiger partial charge in [-0.1, -0.05) is 12.1 Å². The van der Waals surface area contributed by atoms with Crippen molar-refractivity contribution in [3.63, 3.8) is 0 Å². The van der Waals surface area contributed by atoms with E-state index in [-0.39, 0.29) is 11.5 Å². The van der Waals surface area contributed by atoms with E-state index in [1.807, 2.05) is 0 Å². The van der Waals surface area contributed by atoms with Gasteiger partial charge in [-0.25, -0.2) is 0 Å². The number of hydrogen-bond acceptors (Lipinski definition) is 4. The van der Waals surface area contributed by atoms with E-state index in [1.165, 1.54) is 6.92 Å². The molecule has 3 N–H and O–H groups in total. The molecule has 1 rings (SSSR count). The van der Waals surface area contributed by atoms with Crippen LogP contribution in [0.2, 0.25) is 6.82 Å². The smallest absolute Gasteiger partial charge is 0.374 e. The van der Waals surface area contributed by atoms with Crippen molar-refractivity contribution in [3.05, 3.63) is 29.8 Å². The first-order valence-corrected chi connectivity index (χ1v) is 5.21. The SMILES string of the molecule is CB(O)NC(Cc1ccc(O)cc1)C(C)=O. The van der Waals surface area contributed by atoms with Gasteiger partial charge in [0.05, 0.1) is 6.04 Å². The zero-order chi connectivity index (χ0) is 12.1. The molecule has 0 fully saturated rings. The van der Waals surface area contributed by atoms with E-state index < -0.39 is 13.1 Å². The maximum Gasteiger partial charge on any atom is 0.374 e. The molecular formula is C11H16BNO3. The lowest BCUT2D eigenvalue weighted by molar-refractivity contribution is -0.118. The van der Waals surface area contributed by atoms with Crippen molar-refractivity contribution in [3.8, 4) is 5.75 Å². The highest BCUT2D eigenvalue weighted by molar-refractivity contribution is 6.46. The highest BCUT2D eigenvalue weighted by Crippen LogP contribution is 2.11. The Labute approximate surface area is 95.4 Å². The Morgan fingerprint density at radius 3 is 2.44 bits per heavy atom. The fourth-order valence-corrected chi connectivity index (χ4v) is 1.48. The number of nitrogens with one attached hydrogen (secondary N) is 1. The quantitative estimate of drug-likeness (QED) is 0.636. The number of benzene rings is 1. The Morgan fingerprint density at radius 1 is 1.44 bits per heavy atom. The number of carbonyl (C=O) groups excluding carboxylic acids is 1. The van der Waals surface area contributed by atoms with Crippen LogP contribution in [0.4, 0.5) is 0 Å². The average Bonchev–Trinajstić information content (AvgIpc) is 2.19. The zero-order valence-corrected chi connectivity index (χ0v) is 9.47. The molecule has 1 atom stereocenters. The van der Waals surface area contributed by atoms with Crippen molar-refractivity contribution in [2.45, 2.75) is 26.2 Å². The number of carbonyl (C=O) groups is 1. The molecule has 0 heterocycles. The second-order valence-corrected chi connectivity index (χ2v) is 3.88. The predicted octanol–water partition coefficient (Wildman–Crippen LogP) is 0.592. The Kier molecular flexibility index (Phi) is 4.52. The fraction of sp³-hybridized carbons (Fsp3) is 0.364. The molecule has 86 valence electrons. The molecule has 1 aromatic carbocycles. The normalized spacial score (nSPS) is 12.2. The molecule has 0 aliphatic carbocycles. The summed E-state index contributed by atoms with van der Waals surface area (Å²) >= 11 is 0. The summed E-state index contributed by atoms with van der Waals surface area (Å²) in [5.74, 6) is 0.181. The van der Waals surface area contributed by atoms with Gasteiger partial charge in [0, 0.05) is 0 Å². The van der Waals surface area contributed by atoms with E-state index in [4.69, 9.17) is 5.11 Å². The predicted molar refractivity (Wildman–Crippen MR) is 63.3 cm³/mol. The van der Waals surface area contributed by atoms with Gasteiger partial charge in [-0.15, -0.1) is 0 Å². The Balaban J connectivity index is 2.68. The second-order valence-electron chi connectivity index (χ2n) is 3.88. The minimum absolute atomic E-state index is 0.0195. The maximum absolute atomic E-state index is 11.3. The van der Waals surface area contributed by atoms with E-state index in [1.54, 1.807) is 31.1 Å². The number of aromatic hydroxyl groups is 1. The van der Waals surface area contributed by atoms with Gasteiger partial charge in [0.25, 0.3) is 0 Å². The van der Waals surface area contributed by atoms with E-state index in [0.717, 1.165) is 5.56 Å². The first-order chi connectivity index (χ1) is 7.49. The first-order valence-electron chi connectivity index (χ1n) is 5.21. The second kappa shape index (κ2) is 5.68. The van der Waals surface area contributed by atoms with Gasteiger partial charge in [-0.05, 0) is 37.9 Å². The highest BCUT2D eigenvalue weighted by atomic mass is 16.3. The summed E-state index contributed by atoms with van der Waals surface area (Å²) in [5.41, 5.74) is 0.936. The summed E-state index contributed by atoms with van der Waals surface area (Å²) < 4.78 is 0. The van der Waals surface area contributed by atoms with Crippen LogP contribution in [-0.4, -0.2) is 29.0 Å². The van der Waals surface area contributed by atoms with Crippen molar-refractivity contribution < 1.29 is 14.9 Å². The molecule has 1 aromatic rings. The molecule has 0 bridgehead atoms. The van der Waals surface area contributed by atoms with Crippen molar-refractivity contribution >= 4 is 12.8 Å². The van der Waals surface area contributed by atoms with Crippen LogP contribution >= 0.6 is 0 Å². The van der Waals surface area contributed by atoms with Gasteiger partial charge in [0.2, 0.25) is 0 Å². The van der Waals surface area contributed by atoms with E-state index in [0.29, 0.717) is 6.42 Å². The minimum Gasteiger partial charge on any atom is -0.508 e. The third kappa shape index (κ3) is 4.04. The summed E-state index contributed by atoms with van der Waals surface area (Å²) in [6.07, 6.45) is 0.501. The summed E-state index contributed by atoms with van der Waals surface area (Å²) in [5, 5.41) is 21.1. The van der Waals surface area contributed by atoms with Crippen molar-refractivity contribution in [2.24, 2.45) is 0 Å². The van der Waals surface area contributed by atoms with Gasteiger partial charge in [0.1, 0.15) is 11.5 Å². The molecule has 0 aromatic heterocycles. The molecule has 16 heavy (non-hydrogen) atoms. The molecule has 4 nitrogen and oxygen atoms in total. The van der Waals surface area contributed by atoms with Crippen LogP contribution in [0.5, 0.6) is 5.75 Å². The number of phenols is 1. The fourth-order valence-electron chi connectivity index (χ4n) is 1.48. The van der Waals surface area contributed by atoms with Crippen molar-refractivity contribution in [1.82, 2.24) is 5.23 Å². The lowest BCUT2D eigenvalue weighted by Crippen LogP contribution is -2.45. The summed E-state index contributed by atoms with van der Waals surface area (Å²) in [6, 6.07) is 6.28. The Hall–Kier alpha value is -1.33. The number of rotatable bonds is 5. The molecule has 0 saturated heterocycles. The average molecular weight is 221 g/mol. The highest BCUT2D eigenvalue weighted by Gasteiger charge is 2.17. The lowest BCUT2D eigenvalue weighted by atomic mass is 9.85.